The normalized spacial score (nSPS) is 12.5. The van der Waals surface area contributed by atoms with Gasteiger partial charge in [0.05, 0.1) is 25.9 Å². The van der Waals surface area contributed by atoms with Gasteiger partial charge in [-0.3, -0.25) is 9.69 Å². The molecular weight excluding hydrogens is 468 g/mol. The molecule has 0 saturated heterocycles. The van der Waals surface area contributed by atoms with Crippen LogP contribution in [0.2, 0.25) is 0 Å². The zero-order valence-corrected chi connectivity index (χ0v) is 20.1. The number of fused-ring (bicyclic) bond motifs is 3. The van der Waals surface area contributed by atoms with Crippen molar-refractivity contribution in [3.8, 4) is 11.5 Å². The van der Waals surface area contributed by atoms with Crippen molar-refractivity contribution in [1.82, 2.24) is 14.9 Å². The third-order valence-electron chi connectivity index (χ3n) is 5.46. The van der Waals surface area contributed by atoms with Gasteiger partial charge in [0.25, 0.3) is 5.91 Å². The molecule has 2 aromatic carbocycles. The summed E-state index contributed by atoms with van der Waals surface area (Å²) < 4.78 is 13.0. The second-order valence-electron chi connectivity index (χ2n) is 7.19. The number of likely N-dealkylation sites (N-methyl/N-ethyl adjacent to an activating group) is 1. The van der Waals surface area contributed by atoms with Crippen LogP contribution in [0.5, 0.6) is 11.5 Å². The predicted octanol–water partition coefficient (Wildman–Crippen LogP) is 1.63. The van der Waals surface area contributed by atoms with E-state index in [0.717, 1.165) is 45.8 Å². The van der Waals surface area contributed by atoms with Gasteiger partial charge < -0.3 is 26.8 Å². The van der Waals surface area contributed by atoms with Crippen LogP contribution in [0.25, 0.3) is 20.4 Å². The third kappa shape index (κ3) is 4.25. The Balaban J connectivity index is 0.00000245. The van der Waals surface area contributed by atoms with Crippen molar-refractivity contribution in [1.29, 1.82) is 0 Å². The van der Waals surface area contributed by atoms with Crippen LogP contribution in [0, 0.1) is 0 Å². The molecule has 1 aliphatic heterocycles. The lowest BCUT2D eigenvalue weighted by molar-refractivity contribution is -0.0000154. The second-order valence-corrected chi connectivity index (χ2v) is 9.08. The Labute approximate surface area is 200 Å². The molecule has 0 unspecified atom stereocenters. The molecule has 0 N–H and O–H groups in total. The van der Waals surface area contributed by atoms with Crippen LogP contribution in [0.3, 0.4) is 0 Å². The SMILES string of the molecule is CCN(CC)CCN(C(=O)c1ccc2ncsc2c1)c1nc2cc3c(cc2s1)OCO3.[Cl-]. The van der Waals surface area contributed by atoms with Crippen molar-refractivity contribution in [2.75, 3.05) is 37.9 Å². The van der Waals surface area contributed by atoms with Gasteiger partial charge in [0.2, 0.25) is 6.79 Å². The highest BCUT2D eigenvalue weighted by Gasteiger charge is 2.24. The highest BCUT2D eigenvalue weighted by atomic mass is 35.5. The summed E-state index contributed by atoms with van der Waals surface area (Å²) in [5.74, 6) is 1.36. The van der Waals surface area contributed by atoms with Crippen LogP contribution in [-0.2, 0) is 0 Å². The maximum absolute atomic E-state index is 13.6. The number of benzene rings is 2. The minimum atomic E-state index is -0.0541. The number of anilines is 1. The number of nitrogens with zero attached hydrogens (tertiary/aromatic N) is 4. The van der Waals surface area contributed by atoms with Crippen molar-refractivity contribution in [2.45, 2.75) is 13.8 Å². The van der Waals surface area contributed by atoms with Gasteiger partial charge in [-0.25, -0.2) is 9.97 Å². The van der Waals surface area contributed by atoms with E-state index in [1.807, 2.05) is 30.3 Å². The Morgan fingerprint density at radius 2 is 1.81 bits per heavy atom. The van der Waals surface area contributed by atoms with Gasteiger partial charge in [0.15, 0.2) is 16.6 Å². The molecule has 32 heavy (non-hydrogen) atoms. The molecule has 0 spiro atoms. The monoisotopic (exact) mass is 489 g/mol. The fourth-order valence-electron chi connectivity index (χ4n) is 3.63. The number of amides is 1. The largest absolute Gasteiger partial charge is 1.00 e. The Hall–Kier alpha value is -2.46. The minimum absolute atomic E-state index is 0. The van der Waals surface area contributed by atoms with E-state index in [1.165, 1.54) is 22.7 Å². The summed E-state index contributed by atoms with van der Waals surface area (Å²) in [6.07, 6.45) is 0. The highest BCUT2D eigenvalue weighted by molar-refractivity contribution is 7.22. The molecule has 1 amide bonds. The van der Waals surface area contributed by atoms with Crippen molar-refractivity contribution in [2.24, 2.45) is 0 Å². The average Bonchev–Trinajstić information content (AvgIpc) is 3.52. The lowest BCUT2D eigenvalue weighted by atomic mass is 10.2. The topological polar surface area (TPSA) is 67.8 Å². The molecule has 2 aromatic heterocycles. The van der Waals surface area contributed by atoms with Crippen LogP contribution in [0.1, 0.15) is 24.2 Å². The molecule has 0 bridgehead atoms. The third-order valence-corrected chi connectivity index (χ3v) is 7.29. The van der Waals surface area contributed by atoms with E-state index in [2.05, 4.69) is 23.7 Å². The van der Waals surface area contributed by atoms with Crippen LogP contribution in [0.15, 0.2) is 35.8 Å². The number of carbonyl (C=O) groups is 1. The molecule has 0 saturated carbocycles. The van der Waals surface area contributed by atoms with Crippen molar-refractivity contribution in [3.63, 3.8) is 0 Å². The van der Waals surface area contributed by atoms with Gasteiger partial charge in [-0.05, 0) is 31.3 Å². The summed E-state index contributed by atoms with van der Waals surface area (Å²) in [6, 6.07) is 9.49. The number of thiazole rings is 2. The quantitative estimate of drug-likeness (QED) is 0.393. The first kappa shape index (κ1) is 22.7. The predicted molar refractivity (Wildman–Crippen MR) is 125 cm³/mol. The molecule has 0 radical (unpaired) electrons. The molecule has 10 heteroatoms. The number of aromatic nitrogens is 2. The Morgan fingerprint density at radius 3 is 2.59 bits per heavy atom. The highest BCUT2D eigenvalue weighted by Crippen LogP contribution is 2.40. The summed E-state index contributed by atoms with van der Waals surface area (Å²) in [7, 11) is 0. The van der Waals surface area contributed by atoms with Crippen LogP contribution in [0.4, 0.5) is 5.13 Å². The number of carbonyl (C=O) groups excluding carboxylic acids is 1. The molecule has 0 fully saturated rings. The van der Waals surface area contributed by atoms with E-state index in [0.29, 0.717) is 23.0 Å². The van der Waals surface area contributed by atoms with Gasteiger partial charge in [-0.15, -0.1) is 11.3 Å². The van der Waals surface area contributed by atoms with Gasteiger partial charge in [0, 0.05) is 30.8 Å². The van der Waals surface area contributed by atoms with Crippen LogP contribution >= 0.6 is 22.7 Å². The summed E-state index contributed by atoms with van der Waals surface area (Å²) >= 11 is 3.03. The molecule has 5 rings (SSSR count). The molecule has 7 nitrogen and oxygen atoms in total. The van der Waals surface area contributed by atoms with Crippen molar-refractivity contribution in [3.05, 3.63) is 41.4 Å². The van der Waals surface area contributed by atoms with E-state index in [4.69, 9.17) is 14.5 Å². The first-order valence-electron chi connectivity index (χ1n) is 10.2. The maximum atomic E-state index is 13.6. The minimum Gasteiger partial charge on any atom is -1.00 e. The number of ether oxygens (including phenoxy) is 2. The standard InChI is InChI=1S/C22H22N4O3S2.ClH/c1-3-25(4-2)7-8-26(21(27)14-5-6-15-19(9-14)30-12-23-15)22-24-16-10-17-18(29-13-28-17)11-20(16)31-22;/h5-6,9-12H,3-4,7-8,13H2,1-2H3;1H/p-1. The first-order valence-corrected chi connectivity index (χ1v) is 11.9. The first-order chi connectivity index (χ1) is 15.2. The number of halogens is 1. The summed E-state index contributed by atoms with van der Waals surface area (Å²) in [6.45, 7) is 7.71. The van der Waals surface area contributed by atoms with Crippen LogP contribution in [-0.4, -0.2) is 53.7 Å². The Kier molecular flexibility index (Phi) is 6.80. The van der Waals surface area contributed by atoms with Gasteiger partial charge in [-0.2, -0.15) is 0 Å². The van der Waals surface area contributed by atoms with Crippen LogP contribution < -0.4 is 26.8 Å². The van der Waals surface area contributed by atoms with E-state index in [-0.39, 0.29) is 25.1 Å². The van der Waals surface area contributed by atoms with Gasteiger partial charge in [0.1, 0.15) is 0 Å². The fourth-order valence-corrected chi connectivity index (χ4v) is 5.35. The van der Waals surface area contributed by atoms with Gasteiger partial charge in [-0.1, -0.05) is 25.2 Å². The Morgan fingerprint density at radius 1 is 1.03 bits per heavy atom. The average molecular weight is 490 g/mol. The lowest BCUT2D eigenvalue weighted by Crippen LogP contribution is -3.00. The maximum Gasteiger partial charge on any atom is 0.260 e. The smallest absolute Gasteiger partial charge is 0.260 e. The van der Waals surface area contributed by atoms with E-state index in [9.17, 15) is 4.79 Å². The van der Waals surface area contributed by atoms with Gasteiger partial charge >= 0.3 is 0 Å². The molecule has 3 heterocycles. The van der Waals surface area contributed by atoms with Crippen molar-refractivity contribution < 1.29 is 26.7 Å². The molecule has 168 valence electrons. The fraction of sp³-hybridized carbons (Fsp3) is 0.318. The zero-order valence-electron chi connectivity index (χ0n) is 17.7. The molecule has 0 atom stereocenters. The number of hydrogen-bond acceptors (Lipinski definition) is 8. The molecule has 1 aliphatic rings. The molecule has 4 aromatic rings. The summed E-state index contributed by atoms with van der Waals surface area (Å²) in [4.78, 5) is 26.8. The van der Waals surface area contributed by atoms with E-state index >= 15 is 0 Å². The zero-order chi connectivity index (χ0) is 21.4. The summed E-state index contributed by atoms with van der Waals surface area (Å²) in [5.41, 5.74) is 4.16. The number of rotatable bonds is 7. The van der Waals surface area contributed by atoms with Crippen molar-refractivity contribution >= 4 is 54.1 Å². The molecular formula is C22H22ClN4O3S2-. The lowest BCUT2D eigenvalue weighted by Gasteiger charge is -2.24. The summed E-state index contributed by atoms with van der Waals surface area (Å²) in [5, 5.41) is 0.681. The Bertz CT molecular complexity index is 1210. The van der Waals surface area contributed by atoms with E-state index < -0.39 is 0 Å². The second kappa shape index (κ2) is 9.58. The van der Waals surface area contributed by atoms with E-state index in [1.54, 1.807) is 10.4 Å². The molecule has 0 aliphatic carbocycles. The number of hydrogen-bond donors (Lipinski definition) is 0.